The molecular formula is C16H22ClN3O3. The normalized spacial score (nSPS) is 20.3. The number of carbonyl (C=O) groups is 2. The number of hydrogen-bond donors (Lipinski definition) is 2. The molecule has 0 bridgehead atoms. The summed E-state index contributed by atoms with van der Waals surface area (Å²) in [5, 5.41) is 6.52. The average molecular weight is 340 g/mol. The molecule has 126 valence electrons. The van der Waals surface area contributed by atoms with Crippen LogP contribution in [0.15, 0.2) is 16.5 Å². The third-order valence-corrected chi connectivity index (χ3v) is 4.82. The van der Waals surface area contributed by atoms with E-state index in [0.29, 0.717) is 31.3 Å². The van der Waals surface area contributed by atoms with E-state index in [0.717, 1.165) is 37.9 Å². The minimum atomic E-state index is -0.617. The van der Waals surface area contributed by atoms with Gasteiger partial charge in [-0.1, -0.05) is 19.3 Å². The monoisotopic (exact) mass is 339 g/mol. The highest BCUT2D eigenvalue weighted by atomic mass is 35.5. The Balaban J connectivity index is 1.43. The molecule has 1 aliphatic heterocycles. The van der Waals surface area contributed by atoms with Gasteiger partial charge in [-0.3, -0.25) is 9.69 Å². The third-order valence-electron chi connectivity index (χ3n) is 4.62. The maximum Gasteiger partial charge on any atom is 0.325 e. The number of amides is 3. The second-order valence-corrected chi connectivity index (χ2v) is 6.64. The third kappa shape index (κ3) is 3.53. The Bertz CT molecular complexity index is 581. The minimum Gasteiger partial charge on any atom is -0.448 e. The van der Waals surface area contributed by atoms with Crippen molar-refractivity contribution in [2.24, 2.45) is 0 Å². The molecule has 3 amide bonds. The van der Waals surface area contributed by atoms with Crippen molar-refractivity contribution in [2.75, 3.05) is 13.1 Å². The molecule has 0 atom stereocenters. The predicted octanol–water partition coefficient (Wildman–Crippen LogP) is 2.67. The number of hydrogen-bond acceptors (Lipinski definition) is 4. The highest BCUT2D eigenvalue weighted by Gasteiger charge is 2.50. The zero-order valence-electron chi connectivity index (χ0n) is 13.1. The van der Waals surface area contributed by atoms with Gasteiger partial charge in [-0.2, -0.15) is 0 Å². The van der Waals surface area contributed by atoms with Crippen LogP contribution in [0.5, 0.6) is 0 Å². The van der Waals surface area contributed by atoms with Crippen molar-refractivity contribution in [3.8, 4) is 0 Å². The standard InChI is InChI=1S/C16H22ClN3O3/c17-13-6-5-12(23-13)11-18-9-4-10-20-14(21)16(19-15(20)22)7-2-1-3-8-16/h5-6,18H,1-4,7-11H2,(H,19,22). The number of rotatable bonds is 6. The summed E-state index contributed by atoms with van der Waals surface area (Å²) in [4.78, 5) is 26.0. The number of nitrogens with one attached hydrogen (secondary N) is 2. The van der Waals surface area contributed by atoms with Crippen LogP contribution in [0.4, 0.5) is 4.79 Å². The van der Waals surface area contributed by atoms with Crippen LogP contribution >= 0.6 is 11.6 Å². The van der Waals surface area contributed by atoms with Gasteiger partial charge in [-0.25, -0.2) is 4.79 Å². The SMILES string of the molecule is O=C1NC2(CCCCC2)C(=O)N1CCCNCc1ccc(Cl)o1. The first-order valence-corrected chi connectivity index (χ1v) is 8.58. The van der Waals surface area contributed by atoms with Gasteiger partial charge in [0.15, 0.2) is 5.22 Å². The second kappa shape index (κ2) is 6.93. The molecule has 2 aliphatic rings. The molecule has 1 aliphatic carbocycles. The fourth-order valence-corrected chi connectivity index (χ4v) is 3.56. The lowest BCUT2D eigenvalue weighted by Crippen LogP contribution is -2.48. The van der Waals surface area contributed by atoms with Crippen LogP contribution in [0.1, 0.15) is 44.3 Å². The molecule has 0 aromatic carbocycles. The lowest BCUT2D eigenvalue weighted by Gasteiger charge is -2.30. The summed E-state index contributed by atoms with van der Waals surface area (Å²) in [5.41, 5.74) is -0.617. The van der Waals surface area contributed by atoms with Gasteiger partial charge >= 0.3 is 6.03 Å². The molecule has 1 saturated carbocycles. The Kier molecular flexibility index (Phi) is 4.92. The van der Waals surface area contributed by atoms with Crippen LogP contribution in [-0.4, -0.2) is 35.5 Å². The number of urea groups is 1. The van der Waals surface area contributed by atoms with Gasteiger partial charge in [0.25, 0.3) is 5.91 Å². The Morgan fingerprint density at radius 2 is 2.04 bits per heavy atom. The van der Waals surface area contributed by atoms with Crippen molar-refractivity contribution in [3.05, 3.63) is 23.1 Å². The van der Waals surface area contributed by atoms with Crippen molar-refractivity contribution in [1.82, 2.24) is 15.5 Å². The summed E-state index contributed by atoms with van der Waals surface area (Å²) in [6.45, 7) is 1.72. The maximum absolute atomic E-state index is 12.6. The van der Waals surface area contributed by atoms with Crippen molar-refractivity contribution < 1.29 is 14.0 Å². The van der Waals surface area contributed by atoms with E-state index in [-0.39, 0.29) is 11.9 Å². The molecule has 1 spiro atoms. The lowest BCUT2D eigenvalue weighted by atomic mass is 9.82. The molecule has 23 heavy (non-hydrogen) atoms. The minimum absolute atomic E-state index is 0.0417. The Morgan fingerprint density at radius 3 is 2.74 bits per heavy atom. The van der Waals surface area contributed by atoms with Gasteiger partial charge in [-0.05, 0) is 49.5 Å². The van der Waals surface area contributed by atoms with E-state index in [1.165, 1.54) is 4.90 Å². The largest absolute Gasteiger partial charge is 0.448 e. The summed E-state index contributed by atoms with van der Waals surface area (Å²) >= 11 is 5.71. The first-order valence-electron chi connectivity index (χ1n) is 8.20. The van der Waals surface area contributed by atoms with Crippen LogP contribution in [0.25, 0.3) is 0 Å². The summed E-state index contributed by atoms with van der Waals surface area (Å²) in [6, 6.07) is 3.28. The molecule has 1 aromatic heterocycles. The summed E-state index contributed by atoms with van der Waals surface area (Å²) in [6.07, 6.45) is 5.41. The van der Waals surface area contributed by atoms with Gasteiger partial charge in [0.1, 0.15) is 11.3 Å². The van der Waals surface area contributed by atoms with Crippen LogP contribution in [0.2, 0.25) is 5.22 Å². The van der Waals surface area contributed by atoms with Crippen molar-refractivity contribution in [1.29, 1.82) is 0 Å². The predicted molar refractivity (Wildman–Crippen MR) is 86.1 cm³/mol. The molecular weight excluding hydrogens is 318 g/mol. The van der Waals surface area contributed by atoms with Crippen LogP contribution in [-0.2, 0) is 11.3 Å². The topological polar surface area (TPSA) is 74.6 Å². The molecule has 2 fully saturated rings. The smallest absolute Gasteiger partial charge is 0.325 e. The highest BCUT2D eigenvalue weighted by molar-refractivity contribution is 6.28. The Hall–Kier alpha value is -1.53. The zero-order chi connectivity index (χ0) is 16.3. The number of nitrogens with zero attached hydrogens (tertiary/aromatic N) is 1. The first-order chi connectivity index (χ1) is 11.1. The van der Waals surface area contributed by atoms with Gasteiger partial charge in [0, 0.05) is 6.54 Å². The van der Waals surface area contributed by atoms with E-state index in [1.54, 1.807) is 6.07 Å². The molecule has 2 heterocycles. The fourth-order valence-electron chi connectivity index (χ4n) is 3.39. The number of furan rings is 1. The molecule has 0 unspecified atom stereocenters. The van der Waals surface area contributed by atoms with E-state index >= 15 is 0 Å². The van der Waals surface area contributed by atoms with Gasteiger partial charge < -0.3 is 15.1 Å². The Labute approximate surface area is 140 Å². The van der Waals surface area contributed by atoms with Gasteiger partial charge in [0.05, 0.1) is 6.54 Å². The van der Waals surface area contributed by atoms with Crippen molar-refractivity contribution in [2.45, 2.75) is 50.6 Å². The van der Waals surface area contributed by atoms with Crippen LogP contribution < -0.4 is 10.6 Å². The second-order valence-electron chi connectivity index (χ2n) is 6.27. The Morgan fingerprint density at radius 1 is 1.26 bits per heavy atom. The molecule has 1 aromatic rings. The highest BCUT2D eigenvalue weighted by Crippen LogP contribution is 2.33. The molecule has 0 radical (unpaired) electrons. The molecule has 1 saturated heterocycles. The molecule has 7 heteroatoms. The number of imide groups is 1. The van der Waals surface area contributed by atoms with Crippen molar-refractivity contribution in [3.63, 3.8) is 0 Å². The lowest BCUT2D eigenvalue weighted by molar-refractivity contribution is -0.132. The van der Waals surface area contributed by atoms with Gasteiger partial charge in [-0.15, -0.1) is 0 Å². The number of carbonyl (C=O) groups excluding carboxylic acids is 2. The van der Waals surface area contributed by atoms with E-state index in [1.807, 2.05) is 6.07 Å². The molecule has 6 nitrogen and oxygen atoms in total. The van der Waals surface area contributed by atoms with Gasteiger partial charge in [0.2, 0.25) is 0 Å². The molecule has 2 N–H and O–H groups in total. The average Bonchev–Trinajstić information content (AvgIpc) is 3.04. The van der Waals surface area contributed by atoms with E-state index < -0.39 is 5.54 Å². The van der Waals surface area contributed by atoms with E-state index in [4.69, 9.17) is 16.0 Å². The van der Waals surface area contributed by atoms with E-state index in [2.05, 4.69) is 10.6 Å². The summed E-state index contributed by atoms with van der Waals surface area (Å²) < 4.78 is 5.25. The van der Waals surface area contributed by atoms with Crippen LogP contribution in [0.3, 0.4) is 0 Å². The zero-order valence-corrected chi connectivity index (χ0v) is 13.8. The van der Waals surface area contributed by atoms with Crippen molar-refractivity contribution >= 4 is 23.5 Å². The number of halogens is 1. The summed E-state index contributed by atoms with van der Waals surface area (Å²) in [7, 11) is 0. The molecule has 3 rings (SSSR count). The first kappa shape index (κ1) is 16.3. The van der Waals surface area contributed by atoms with E-state index in [9.17, 15) is 9.59 Å². The maximum atomic E-state index is 12.6. The van der Waals surface area contributed by atoms with Crippen LogP contribution in [0, 0.1) is 0 Å². The fraction of sp³-hybridized carbons (Fsp3) is 0.625. The summed E-state index contributed by atoms with van der Waals surface area (Å²) in [5.74, 6) is 0.728. The quantitative estimate of drug-likeness (QED) is 0.617.